The summed E-state index contributed by atoms with van der Waals surface area (Å²) in [6.45, 7) is 6.82. The third-order valence-electron chi connectivity index (χ3n) is 6.69. The van der Waals surface area contributed by atoms with Crippen LogP contribution in [0.1, 0.15) is 56.1 Å². The molecule has 9 heteroatoms. The monoisotopic (exact) mass is 501 g/mol. The maximum atomic E-state index is 14.1. The maximum absolute atomic E-state index is 14.1. The number of carbonyl (C=O) groups excluding carboxylic acids is 2. The molecule has 1 saturated heterocycles. The van der Waals surface area contributed by atoms with Gasteiger partial charge in [0.25, 0.3) is 0 Å². The molecule has 180 valence electrons. The second-order valence-corrected chi connectivity index (χ2v) is 10.7. The van der Waals surface area contributed by atoms with Gasteiger partial charge in [-0.1, -0.05) is 0 Å². The van der Waals surface area contributed by atoms with E-state index >= 15 is 0 Å². The molecule has 0 radical (unpaired) electrons. The number of methoxy groups -OCH3 is 1. The number of carbonyl (C=O) groups is 3. The van der Waals surface area contributed by atoms with Crippen molar-refractivity contribution in [1.29, 1.82) is 0 Å². The average molecular weight is 502 g/mol. The van der Waals surface area contributed by atoms with Crippen LogP contribution < -0.4 is 0 Å². The molecule has 0 aromatic carbocycles. The molecule has 1 aliphatic heterocycles. The SMILES string of the molecule is COCC(=O)N1C(c2sccc2C)C(C(=O)c2ccc(C)o2)C(c2sccc2C)C1(C)C(=O)O. The number of furan rings is 1. The minimum absolute atomic E-state index is 0.162. The van der Waals surface area contributed by atoms with E-state index in [4.69, 9.17) is 9.15 Å². The lowest BCUT2D eigenvalue weighted by atomic mass is 9.75. The number of nitrogens with zero attached hydrogens (tertiary/aromatic N) is 1. The Morgan fingerprint density at radius 2 is 1.68 bits per heavy atom. The van der Waals surface area contributed by atoms with Crippen LogP contribution in [-0.4, -0.2) is 46.9 Å². The summed E-state index contributed by atoms with van der Waals surface area (Å²) in [5.74, 6) is -2.85. The fourth-order valence-electron chi connectivity index (χ4n) is 5.09. The van der Waals surface area contributed by atoms with Crippen molar-refractivity contribution in [2.45, 2.75) is 45.2 Å². The smallest absolute Gasteiger partial charge is 0.330 e. The molecule has 34 heavy (non-hydrogen) atoms. The molecule has 0 aliphatic carbocycles. The number of hydrogen-bond acceptors (Lipinski definition) is 7. The van der Waals surface area contributed by atoms with Crippen molar-refractivity contribution < 1.29 is 28.6 Å². The van der Waals surface area contributed by atoms with Gasteiger partial charge in [-0.2, -0.15) is 0 Å². The van der Waals surface area contributed by atoms with E-state index in [9.17, 15) is 19.5 Å². The first-order chi connectivity index (χ1) is 16.1. The first-order valence-electron chi connectivity index (χ1n) is 10.9. The Hall–Kier alpha value is -2.75. The second-order valence-electron chi connectivity index (χ2n) is 8.81. The summed E-state index contributed by atoms with van der Waals surface area (Å²) in [4.78, 5) is 43.5. The number of hydrogen-bond donors (Lipinski definition) is 1. The number of rotatable bonds is 7. The molecular formula is C25H27NO6S2. The van der Waals surface area contributed by atoms with Crippen LogP contribution in [0.3, 0.4) is 0 Å². The van der Waals surface area contributed by atoms with Crippen molar-refractivity contribution in [1.82, 2.24) is 4.90 Å². The van der Waals surface area contributed by atoms with E-state index in [1.54, 1.807) is 26.0 Å². The third kappa shape index (κ3) is 3.72. The van der Waals surface area contributed by atoms with Crippen molar-refractivity contribution in [3.63, 3.8) is 0 Å². The largest absolute Gasteiger partial charge is 0.479 e. The van der Waals surface area contributed by atoms with Crippen LogP contribution in [0.5, 0.6) is 0 Å². The minimum atomic E-state index is -1.69. The summed E-state index contributed by atoms with van der Waals surface area (Å²) in [5, 5.41) is 14.4. The van der Waals surface area contributed by atoms with Crippen LogP contribution >= 0.6 is 22.7 Å². The molecule has 4 atom stereocenters. The van der Waals surface area contributed by atoms with E-state index in [1.807, 2.05) is 36.7 Å². The standard InChI is InChI=1S/C25H27NO6S2/c1-13-8-10-33-22(13)19-18(21(28)16-7-6-15(3)32-16)20(23-14(2)9-11-34-23)26(17(27)12-31-5)25(19,4)24(29)30/h6-11,18-20H,12H2,1-5H3,(H,29,30). The molecule has 4 rings (SSSR count). The van der Waals surface area contributed by atoms with E-state index in [0.717, 1.165) is 20.9 Å². The minimum Gasteiger partial charge on any atom is -0.479 e. The van der Waals surface area contributed by atoms with Crippen LogP contribution in [0.25, 0.3) is 0 Å². The number of aryl methyl sites for hydroxylation is 3. The Kier molecular flexibility index (Phi) is 6.54. The van der Waals surface area contributed by atoms with Gasteiger partial charge in [0.15, 0.2) is 5.76 Å². The van der Waals surface area contributed by atoms with Crippen molar-refractivity contribution in [3.8, 4) is 0 Å². The summed E-state index contributed by atoms with van der Waals surface area (Å²) in [7, 11) is 1.40. The number of Topliss-reactive ketones (excluding diaryl/α,β-unsaturated/α-hetero) is 1. The quantitative estimate of drug-likeness (QED) is 0.459. The highest BCUT2D eigenvalue weighted by Crippen LogP contribution is 2.59. The van der Waals surface area contributed by atoms with E-state index in [0.29, 0.717) is 5.76 Å². The van der Waals surface area contributed by atoms with E-state index in [2.05, 4.69) is 0 Å². The van der Waals surface area contributed by atoms with Gasteiger partial charge in [-0.3, -0.25) is 9.59 Å². The van der Waals surface area contributed by atoms with Crippen molar-refractivity contribution in [2.24, 2.45) is 5.92 Å². The zero-order valence-electron chi connectivity index (χ0n) is 19.7. The first kappa shape index (κ1) is 24.4. The average Bonchev–Trinajstić information content (AvgIpc) is 3.54. The van der Waals surface area contributed by atoms with Crippen LogP contribution in [0.15, 0.2) is 39.4 Å². The predicted molar refractivity (Wildman–Crippen MR) is 130 cm³/mol. The molecule has 1 N–H and O–H groups in total. The van der Waals surface area contributed by atoms with Crippen LogP contribution in [0.4, 0.5) is 0 Å². The van der Waals surface area contributed by atoms with Gasteiger partial charge in [0, 0.05) is 22.8 Å². The number of amides is 1. The van der Waals surface area contributed by atoms with Gasteiger partial charge in [0.1, 0.15) is 17.9 Å². The third-order valence-corrected chi connectivity index (χ3v) is 8.89. The van der Waals surface area contributed by atoms with E-state index in [1.165, 1.54) is 34.7 Å². The van der Waals surface area contributed by atoms with Crippen molar-refractivity contribution >= 4 is 40.3 Å². The van der Waals surface area contributed by atoms with Gasteiger partial charge in [-0.25, -0.2) is 4.79 Å². The van der Waals surface area contributed by atoms with Gasteiger partial charge >= 0.3 is 5.97 Å². The molecule has 1 amide bonds. The highest BCUT2D eigenvalue weighted by atomic mass is 32.1. The van der Waals surface area contributed by atoms with Crippen LogP contribution in [0.2, 0.25) is 0 Å². The van der Waals surface area contributed by atoms with Crippen molar-refractivity contribution in [2.75, 3.05) is 13.7 Å². The lowest BCUT2D eigenvalue weighted by Crippen LogP contribution is -2.55. The molecule has 1 fully saturated rings. The summed E-state index contributed by atoms with van der Waals surface area (Å²) >= 11 is 2.82. The topological polar surface area (TPSA) is 97.0 Å². The fraction of sp³-hybridized carbons (Fsp3) is 0.400. The normalized spacial score (nSPS) is 24.5. The first-order valence-corrected chi connectivity index (χ1v) is 12.6. The van der Waals surface area contributed by atoms with E-state index < -0.39 is 35.3 Å². The fourth-order valence-corrected chi connectivity index (χ4v) is 7.35. The van der Waals surface area contributed by atoms with Gasteiger partial charge < -0.3 is 19.2 Å². The molecule has 3 aromatic heterocycles. The highest BCUT2D eigenvalue weighted by molar-refractivity contribution is 7.10. The molecule has 3 aromatic rings. The maximum Gasteiger partial charge on any atom is 0.330 e. The summed E-state index contributed by atoms with van der Waals surface area (Å²) < 4.78 is 10.8. The lowest BCUT2D eigenvalue weighted by molar-refractivity contribution is -0.159. The zero-order valence-corrected chi connectivity index (χ0v) is 21.3. The molecule has 7 nitrogen and oxygen atoms in total. The number of carboxylic acids is 1. The Balaban J connectivity index is 2.04. The number of aliphatic carboxylic acids is 1. The molecule has 0 saturated carbocycles. The van der Waals surface area contributed by atoms with Gasteiger partial charge in [-0.15, -0.1) is 22.7 Å². The van der Waals surface area contributed by atoms with Gasteiger partial charge in [0.2, 0.25) is 11.7 Å². The molecule has 0 bridgehead atoms. The molecular weight excluding hydrogens is 474 g/mol. The summed E-state index contributed by atoms with van der Waals surface area (Å²) in [5.41, 5.74) is 0.0994. The Bertz CT molecular complexity index is 1240. The second kappa shape index (κ2) is 9.13. The van der Waals surface area contributed by atoms with E-state index in [-0.39, 0.29) is 18.2 Å². The van der Waals surface area contributed by atoms with Gasteiger partial charge in [-0.05, 0) is 73.8 Å². The number of likely N-dealkylation sites (tertiary alicyclic amines) is 1. The van der Waals surface area contributed by atoms with Crippen LogP contribution in [0, 0.1) is 26.7 Å². The number of ketones is 1. The summed E-state index contributed by atoms with van der Waals surface area (Å²) in [6.07, 6.45) is 0. The predicted octanol–water partition coefficient (Wildman–Crippen LogP) is 4.98. The highest BCUT2D eigenvalue weighted by Gasteiger charge is 2.66. The molecule has 4 heterocycles. The Morgan fingerprint density at radius 3 is 2.15 bits per heavy atom. The Labute approximate surface area is 206 Å². The Morgan fingerprint density at radius 1 is 1.06 bits per heavy atom. The number of thiophene rings is 2. The zero-order chi connectivity index (χ0) is 24.8. The number of carboxylic acid groups (broad SMARTS) is 1. The summed E-state index contributed by atoms with van der Waals surface area (Å²) in [6, 6.07) is 6.37. The van der Waals surface area contributed by atoms with Gasteiger partial charge in [0.05, 0.1) is 12.0 Å². The molecule has 1 aliphatic rings. The van der Waals surface area contributed by atoms with Crippen LogP contribution in [-0.2, 0) is 14.3 Å². The molecule has 0 spiro atoms. The van der Waals surface area contributed by atoms with Crippen molar-refractivity contribution in [3.05, 3.63) is 67.4 Å². The number of ether oxygens (including phenoxy) is 1. The molecule has 4 unspecified atom stereocenters. The lowest BCUT2D eigenvalue weighted by Gasteiger charge is -2.37.